The van der Waals surface area contributed by atoms with Gasteiger partial charge in [0.2, 0.25) is 0 Å². The second kappa shape index (κ2) is 12.7. The van der Waals surface area contributed by atoms with Gasteiger partial charge in [-0.3, -0.25) is 9.36 Å². The highest BCUT2D eigenvalue weighted by Crippen LogP contribution is 2.38. The van der Waals surface area contributed by atoms with Crippen LogP contribution in [-0.4, -0.2) is 23.3 Å². The molecule has 0 saturated carbocycles. The average molecular weight is 712 g/mol. The molecule has 0 spiro atoms. The van der Waals surface area contributed by atoms with Gasteiger partial charge in [-0.2, -0.15) is 13.2 Å². The number of nitrogens with zero attached hydrogens (tertiary/aromatic N) is 2. The summed E-state index contributed by atoms with van der Waals surface area (Å²) in [7, 11) is 0. The molecule has 0 unspecified atom stereocenters. The molecule has 1 aliphatic rings. The van der Waals surface area contributed by atoms with Crippen LogP contribution in [0.2, 0.25) is 10.0 Å². The van der Waals surface area contributed by atoms with E-state index in [9.17, 15) is 22.8 Å². The number of benzene rings is 3. The summed E-state index contributed by atoms with van der Waals surface area (Å²) in [6, 6.07) is 16.8. The number of hydrogen-bond acceptors (Lipinski definition) is 6. The third kappa shape index (κ3) is 6.59. The van der Waals surface area contributed by atoms with Gasteiger partial charge in [0.1, 0.15) is 12.4 Å². The second-order valence-electron chi connectivity index (χ2n) is 9.18. The minimum Gasteiger partial charge on any atom is -0.488 e. The quantitative estimate of drug-likeness (QED) is 0.194. The Kier molecular flexibility index (Phi) is 9.17. The van der Waals surface area contributed by atoms with Crippen molar-refractivity contribution >= 4 is 62.5 Å². The Morgan fingerprint density at radius 1 is 1.12 bits per heavy atom. The smallest absolute Gasteiger partial charge is 0.434 e. The number of rotatable bonds is 7. The molecule has 6 nitrogen and oxygen atoms in total. The fourth-order valence-electron chi connectivity index (χ4n) is 4.45. The Labute approximate surface area is 265 Å². The fraction of sp³-hybridized carbons (Fsp3) is 0.167. The number of hydrogen-bond donors (Lipinski definition) is 0. The molecule has 2 heterocycles. The van der Waals surface area contributed by atoms with E-state index < -0.39 is 35.0 Å². The Hall–Kier alpha value is -3.38. The van der Waals surface area contributed by atoms with Crippen LogP contribution >= 0.6 is 50.5 Å². The number of fused-ring (bicyclic) bond motifs is 1. The van der Waals surface area contributed by atoms with Crippen LogP contribution in [0.4, 0.5) is 13.2 Å². The molecule has 1 atom stereocenters. The molecule has 1 aromatic heterocycles. The summed E-state index contributed by atoms with van der Waals surface area (Å²) in [5.74, 6) is -0.695. The highest BCUT2D eigenvalue weighted by atomic mass is 79.9. The molecule has 0 N–H and O–H groups in total. The van der Waals surface area contributed by atoms with Crippen molar-refractivity contribution in [2.45, 2.75) is 25.7 Å². The molecular weight excluding hydrogens is 692 g/mol. The van der Waals surface area contributed by atoms with Gasteiger partial charge in [-0.05, 0) is 70.4 Å². The van der Waals surface area contributed by atoms with Crippen LogP contribution in [0.5, 0.6) is 5.75 Å². The minimum atomic E-state index is -4.99. The Bertz CT molecular complexity index is 1920. The van der Waals surface area contributed by atoms with Crippen LogP contribution < -0.4 is 19.6 Å². The Morgan fingerprint density at radius 2 is 1.84 bits per heavy atom. The van der Waals surface area contributed by atoms with Gasteiger partial charge >= 0.3 is 12.1 Å². The molecule has 222 valence electrons. The first-order valence-electron chi connectivity index (χ1n) is 12.7. The SMILES string of the molecule is CCOC(=O)C1=C(C(F)(F)F)N=c2s/c(=C\c3ccc(OCc4ccccc4Cl)c(Br)c3)c(=O)n2[C@H]1c1ccc(Cl)cc1. The summed E-state index contributed by atoms with van der Waals surface area (Å²) in [6.45, 7) is 1.53. The van der Waals surface area contributed by atoms with Crippen molar-refractivity contribution in [2.24, 2.45) is 4.99 Å². The summed E-state index contributed by atoms with van der Waals surface area (Å²) in [5.41, 5.74) is -1.20. The van der Waals surface area contributed by atoms with Crippen molar-refractivity contribution in [1.29, 1.82) is 0 Å². The van der Waals surface area contributed by atoms with E-state index in [0.29, 0.717) is 25.8 Å². The van der Waals surface area contributed by atoms with Crippen molar-refractivity contribution in [3.63, 3.8) is 0 Å². The topological polar surface area (TPSA) is 69.9 Å². The van der Waals surface area contributed by atoms with E-state index in [2.05, 4.69) is 20.9 Å². The maximum Gasteiger partial charge on any atom is 0.434 e. The minimum absolute atomic E-state index is 0.112. The van der Waals surface area contributed by atoms with E-state index in [1.165, 1.54) is 37.3 Å². The van der Waals surface area contributed by atoms with Gasteiger partial charge in [0.15, 0.2) is 10.5 Å². The molecule has 1 aliphatic heterocycles. The van der Waals surface area contributed by atoms with Crippen LogP contribution in [0.15, 0.2) is 92.3 Å². The number of alkyl halides is 3. The highest BCUT2D eigenvalue weighted by molar-refractivity contribution is 9.10. The van der Waals surface area contributed by atoms with E-state index in [-0.39, 0.29) is 28.1 Å². The summed E-state index contributed by atoms with van der Waals surface area (Å²) < 4.78 is 55.5. The molecule has 5 rings (SSSR count). The molecule has 13 heteroatoms. The largest absolute Gasteiger partial charge is 0.488 e. The van der Waals surface area contributed by atoms with Gasteiger partial charge in [0.05, 0.1) is 27.2 Å². The summed E-state index contributed by atoms with van der Waals surface area (Å²) in [6.07, 6.45) is -3.46. The number of aromatic nitrogens is 1. The monoisotopic (exact) mass is 710 g/mol. The molecular formula is C30H20BrCl2F3N2O4S. The van der Waals surface area contributed by atoms with Crippen molar-refractivity contribution in [3.8, 4) is 5.75 Å². The first kappa shape index (κ1) is 31.1. The van der Waals surface area contributed by atoms with Crippen LogP contribution in [0.25, 0.3) is 6.08 Å². The molecule has 4 aromatic rings. The normalized spacial score (nSPS) is 15.2. The number of esters is 1. The van der Waals surface area contributed by atoms with E-state index in [0.717, 1.165) is 21.5 Å². The predicted molar refractivity (Wildman–Crippen MR) is 162 cm³/mol. The molecule has 0 aliphatic carbocycles. The highest BCUT2D eigenvalue weighted by Gasteiger charge is 2.45. The lowest BCUT2D eigenvalue weighted by atomic mass is 9.95. The zero-order chi connectivity index (χ0) is 30.9. The first-order valence-corrected chi connectivity index (χ1v) is 15.1. The number of halogens is 6. The van der Waals surface area contributed by atoms with Crippen LogP contribution in [-0.2, 0) is 16.1 Å². The third-order valence-corrected chi connectivity index (χ3v) is 8.60. The van der Waals surface area contributed by atoms with E-state index >= 15 is 0 Å². The van der Waals surface area contributed by atoms with Crippen molar-refractivity contribution in [1.82, 2.24) is 4.57 Å². The molecule has 0 bridgehead atoms. The Morgan fingerprint density at radius 3 is 2.49 bits per heavy atom. The van der Waals surface area contributed by atoms with Crippen LogP contribution in [0.3, 0.4) is 0 Å². The van der Waals surface area contributed by atoms with Crippen molar-refractivity contribution in [3.05, 3.63) is 129 Å². The molecule has 43 heavy (non-hydrogen) atoms. The van der Waals surface area contributed by atoms with Crippen LogP contribution in [0.1, 0.15) is 29.7 Å². The Balaban J connectivity index is 1.60. The van der Waals surface area contributed by atoms with Gasteiger partial charge in [0, 0.05) is 15.6 Å². The molecule has 3 aromatic carbocycles. The maximum absolute atomic E-state index is 14.3. The molecule has 0 saturated heterocycles. The fourth-order valence-corrected chi connectivity index (χ4v) is 6.28. The van der Waals surface area contributed by atoms with Gasteiger partial charge in [-0.1, -0.05) is 70.9 Å². The first-order chi connectivity index (χ1) is 20.5. The summed E-state index contributed by atoms with van der Waals surface area (Å²) >= 11 is 16.5. The average Bonchev–Trinajstić information content (AvgIpc) is 3.27. The van der Waals surface area contributed by atoms with Gasteiger partial charge in [0.25, 0.3) is 5.56 Å². The molecule has 0 radical (unpaired) electrons. The van der Waals surface area contributed by atoms with Crippen LogP contribution in [0, 0.1) is 0 Å². The standard InChI is InChI=1S/C30H20BrCl2F3N2O4S/c1-2-41-28(40)24-25(17-8-10-19(32)11-9-17)38-27(39)23(43-29(38)37-26(24)30(34,35)36)14-16-7-12-22(20(31)13-16)42-15-18-5-3-4-6-21(18)33/h3-14,25H,2,15H2,1H3/b23-14-/t25-/m0/s1. The summed E-state index contributed by atoms with van der Waals surface area (Å²) in [4.78, 5) is 30.2. The lowest BCUT2D eigenvalue weighted by Crippen LogP contribution is -2.41. The number of ether oxygens (including phenoxy) is 2. The molecule has 0 amide bonds. The lowest BCUT2D eigenvalue weighted by molar-refractivity contribution is -0.140. The number of carbonyl (C=O) groups is 1. The van der Waals surface area contributed by atoms with Crippen molar-refractivity contribution in [2.75, 3.05) is 6.61 Å². The van der Waals surface area contributed by atoms with Gasteiger partial charge in [-0.15, -0.1) is 0 Å². The van der Waals surface area contributed by atoms with E-state index in [1.54, 1.807) is 24.3 Å². The summed E-state index contributed by atoms with van der Waals surface area (Å²) in [5, 5.41) is 0.904. The maximum atomic E-state index is 14.3. The zero-order valence-electron chi connectivity index (χ0n) is 22.1. The van der Waals surface area contributed by atoms with E-state index in [1.807, 2.05) is 18.2 Å². The van der Waals surface area contributed by atoms with Gasteiger partial charge in [-0.25, -0.2) is 9.79 Å². The van der Waals surface area contributed by atoms with E-state index in [4.69, 9.17) is 32.7 Å². The lowest BCUT2D eigenvalue weighted by Gasteiger charge is -2.26. The van der Waals surface area contributed by atoms with Gasteiger partial charge < -0.3 is 9.47 Å². The number of allylic oxidation sites excluding steroid dienone is 1. The number of carbonyl (C=O) groups excluding carboxylic acids is 1. The van der Waals surface area contributed by atoms with Crippen molar-refractivity contribution < 1.29 is 27.4 Å². The third-order valence-electron chi connectivity index (χ3n) is 6.38. The molecule has 0 fully saturated rings. The second-order valence-corrected chi connectivity index (χ2v) is 11.9. The predicted octanol–water partition coefficient (Wildman–Crippen LogP) is 6.99. The zero-order valence-corrected chi connectivity index (χ0v) is 26.0. The number of thiazole rings is 1.